The summed E-state index contributed by atoms with van der Waals surface area (Å²) in [5, 5.41) is 18.0. The van der Waals surface area contributed by atoms with E-state index in [0.29, 0.717) is 6.54 Å². The highest BCUT2D eigenvalue weighted by Crippen LogP contribution is 2.21. The average Bonchev–Trinajstić information content (AvgIpc) is 2.80. The van der Waals surface area contributed by atoms with Crippen LogP contribution in [0.1, 0.15) is 25.8 Å². The highest BCUT2D eigenvalue weighted by atomic mass is 16.5. The van der Waals surface area contributed by atoms with Crippen molar-refractivity contribution in [1.29, 1.82) is 0 Å². The summed E-state index contributed by atoms with van der Waals surface area (Å²) in [6.07, 6.45) is 2.51. The molecule has 1 aliphatic rings. The molecule has 1 heterocycles. The molecule has 0 fully saturated rings. The lowest BCUT2D eigenvalue weighted by Crippen LogP contribution is -2.52. The summed E-state index contributed by atoms with van der Waals surface area (Å²) in [5.41, 5.74) is 0.942. The molecule has 3 rings (SSSR count). The van der Waals surface area contributed by atoms with Crippen LogP contribution in [0.4, 0.5) is 4.79 Å². The van der Waals surface area contributed by atoms with Gasteiger partial charge in [0, 0.05) is 12.6 Å². The summed E-state index contributed by atoms with van der Waals surface area (Å²) >= 11 is 0. The maximum Gasteiger partial charge on any atom is 0.315 e. The maximum absolute atomic E-state index is 12.4. The molecule has 3 amide bonds. The lowest BCUT2D eigenvalue weighted by molar-refractivity contribution is -0.125. The molecular formula is C25H31N3O5. The van der Waals surface area contributed by atoms with Gasteiger partial charge in [-0.15, -0.1) is 0 Å². The summed E-state index contributed by atoms with van der Waals surface area (Å²) in [6, 6.07) is 16.2. The third kappa shape index (κ3) is 7.93. The molecule has 3 atom stereocenters. The molecule has 2 aromatic carbocycles. The number of hydrogen-bond acceptors (Lipinski definition) is 5. The van der Waals surface area contributed by atoms with Crippen molar-refractivity contribution in [2.45, 2.75) is 51.1 Å². The first-order valence-electron chi connectivity index (χ1n) is 11.0. The van der Waals surface area contributed by atoms with Gasteiger partial charge in [-0.3, -0.25) is 4.79 Å². The van der Waals surface area contributed by atoms with E-state index in [1.54, 1.807) is 12.2 Å². The van der Waals surface area contributed by atoms with E-state index in [1.165, 1.54) is 0 Å². The first-order valence-corrected chi connectivity index (χ1v) is 11.0. The van der Waals surface area contributed by atoms with E-state index in [-0.39, 0.29) is 31.0 Å². The Balaban J connectivity index is 1.44. The summed E-state index contributed by atoms with van der Waals surface area (Å²) in [7, 11) is 0. The number of para-hydroxylation sites is 1. The van der Waals surface area contributed by atoms with Crippen molar-refractivity contribution in [2.75, 3.05) is 6.61 Å². The van der Waals surface area contributed by atoms with Gasteiger partial charge in [-0.2, -0.15) is 0 Å². The molecule has 0 radical (unpaired) electrons. The zero-order chi connectivity index (χ0) is 23.6. The first-order chi connectivity index (χ1) is 15.9. The van der Waals surface area contributed by atoms with Gasteiger partial charge in [0.05, 0.1) is 25.2 Å². The smallest absolute Gasteiger partial charge is 0.315 e. The van der Waals surface area contributed by atoms with Gasteiger partial charge >= 0.3 is 6.03 Å². The van der Waals surface area contributed by atoms with Gasteiger partial charge in [-0.1, -0.05) is 42.5 Å². The maximum atomic E-state index is 12.4. The molecule has 8 nitrogen and oxygen atoms in total. The largest absolute Gasteiger partial charge is 0.457 e. The lowest BCUT2D eigenvalue weighted by Gasteiger charge is -2.31. The minimum Gasteiger partial charge on any atom is -0.457 e. The van der Waals surface area contributed by atoms with Crippen molar-refractivity contribution in [2.24, 2.45) is 0 Å². The number of carbonyl (C=O) groups excluding carboxylic acids is 2. The van der Waals surface area contributed by atoms with E-state index in [4.69, 9.17) is 9.47 Å². The number of carbonyl (C=O) groups is 2. The van der Waals surface area contributed by atoms with E-state index in [9.17, 15) is 14.7 Å². The zero-order valence-corrected chi connectivity index (χ0v) is 18.9. The Morgan fingerprint density at radius 3 is 2.39 bits per heavy atom. The standard InChI is InChI=1S/C25H31N3O5/c1-17(2)27-25(31)28-22-13-12-21(33-23(22)16-29)14-24(30)26-15-18-8-10-20(11-9-18)32-19-6-4-3-5-7-19/h3-13,17,21-23,29H,14-16H2,1-2H3,(H,26,30)(H2,27,28,31)/t21-,22-,23-/m1/s1. The number of urea groups is 1. The second kappa shape index (κ2) is 12.0. The Hall–Kier alpha value is -3.36. The molecule has 176 valence electrons. The van der Waals surface area contributed by atoms with Crippen LogP contribution in [0.25, 0.3) is 0 Å². The number of rotatable bonds is 9. The van der Waals surface area contributed by atoms with Crippen molar-refractivity contribution in [3.8, 4) is 11.5 Å². The topological polar surface area (TPSA) is 109 Å². The van der Waals surface area contributed by atoms with E-state index in [2.05, 4.69) is 16.0 Å². The molecule has 1 aliphatic heterocycles. The molecular weight excluding hydrogens is 422 g/mol. The molecule has 0 saturated heterocycles. The van der Waals surface area contributed by atoms with Crippen molar-refractivity contribution < 1.29 is 24.2 Å². The van der Waals surface area contributed by atoms with Gasteiger partial charge in [0.15, 0.2) is 0 Å². The number of aliphatic hydroxyl groups excluding tert-OH is 1. The first kappa shape index (κ1) is 24.3. The monoisotopic (exact) mass is 453 g/mol. The summed E-state index contributed by atoms with van der Waals surface area (Å²) in [5.74, 6) is 1.31. The van der Waals surface area contributed by atoms with Crippen molar-refractivity contribution in [3.63, 3.8) is 0 Å². The van der Waals surface area contributed by atoms with Crippen molar-refractivity contribution in [1.82, 2.24) is 16.0 Å². The molecule has 8 heteroatoms. The summed E-state index contributed by atoms with van der Waals surface area (Å²) in [6.45, 7) is 3.83. The highest BCUT2D eigenvalue weighted by Gasteiger charge is 2.29. The van der Waals surface area contributed by atoms with Crippen LogP contribution in [0.2, 0.25) is 0 Å². The Labute approximate surface area is 194 Å². The normalized spacial score (nSPS) is 19.7. The molecule has 0 spiro atoms. The van der Waals surface area contributed by atoms with Gasteiger partial charge in [-0.05, 0) is 43.7 Å². The fourth-order valence-corrected chi connectivity index (χ4v) is 3.35. The van der Waals surface area contributed by atoms with Crippen LogP contribution in [0, 0.1) is 0 Å². The van der Waals surface area contributed by atoms with Gasteiger partial charge in [0.1, 0.15) is 17.6 Å². The fourth-order valence-electron chi connectivity index (χ4n) is 3.35. The molecule has 0 aliphatic carbocycles. The SMILES string of the molecule is CC(C)NC(=O)N[C@@H]1C=C[C@H](CC(=O)NCc2ccc(Oc3ccccc3)cc2)O[C@@H]1CO. The average molecular weight is 454 g/mol. The number of ether oxygens (including phenoxy) is 2. The van der Waals surface area contributed by atoms with Gasteiger partial charge in [0.2, 0.25) is 5.91 Å². The number of benzene rings is 2. The minimum atomic E-state index is -0.622. The van der Waals surface area contributed by atoms with Crippen LogP contribution < -0.4 is 20.7 Å². The second-order valence-corrected chi connectivity index (χ2v) is 8.12. The quantitative estimate of drug-likeness (QED) is 0.437. The van der Waals surface area contributed by atoms with Crippen LogP contribution in [-0.2, 0) is 16.1 Å². The van der Waals surface area contributed by atoms with Gasteiger partial charge in [-0.25, -0.2) is 4.79 Å². The van der Waals surface area contributed by atoms with E-state index in [0.717, 1.165) is 17.1 Å². The third-order valence-corrected chi connectivity index (χ3v) is 4.96. The highest BCUT2D eigenvalue weighted by molar-refractivity contribution is 5.77. The van der Waals surface area contributed by atoms with Gasteiger partial charge < -0.3 is 30.5 Å². The van der Waals surface area contributed by atoms with E-state index >= 15 is 0 Å². The van der Waals surface area contributed by atoms with Crippen molar-refractivity contribution >= 4 is 11.9 Å². The number of amides is 3. The zero-order valence-electron chi connectivity index (χ0n) is 18.9. The van der Waals surface area contributed by atoms with Crippen LogP contribution in [0.5, 0.6) is 11.5 Å². The molecule has 2 aromatic rings. The second-order valence-electron chi connectivity index (χ2n) is 8.12. The van der Waals surface area contributed by atoms with Crippen LogP contribution >= 0.6 is 0 Å². The predicted molar refractivity (Wildman–Crippen MR) is 125 cm³/mol. The van der Waals surface area contributed by atoms with Crippen LogP contribution in [0.3, 0.4) is 0 Å². The molecule has 4 N–H and O–H groups in total. The van der Waals surface area contributed by atoms with E-state index < -0.39 is 18.2 Å². The Morgan fingerprint density at radius 2 is 1.73 bits per heavy atom. The summed E-state index contributed by atoms with van der Waals surface area (Å²) in [4.78, 5) is 24.3. The molecule has 0 unspecified atom stereocenters. The number of hydrogen-bond donors (Lipinski definition) is 4. The van der Waals surface area contributed by atoms with Crippen LogP contribution in [0.15, 0.2) is 66.7 Å². The van der Waals surface area contributed by atoms with Crippen molar-refractivity contribution in [3.05, 3.63) is 72.3 Å². The Morgan fingerprint density at radius 1 is 1.03 bits per heavy atom. The Bertz CT molecular complexity index is 931. The third-order valence-electron chi connectivity index (χ3n) is 4.96. The van der Waals surface area contributed by atoms with Crippen LogP contribution in [-0.4, -0.2) is 47.9 Å². The predicted octanol–water partition coefficient (Wildman–Crippen LogP) is 2.88. The van der Waals surface area contributed by atoms with E-state index in [1.807, 2.05) is 68.4 Å². The number of aliphatic hydroxyl groups is 1. The van der Waals surface area contributed by atoms with Gasteiger partial charge in [0.25, 0.3) is 0 Å². The lowest BCUT2D eigenvalue weighted by atomic mass is 10.0. The summed E-state index contributed by atoms with van der Waals surface area (Å²) < 4.78 is 11.6. The molecule has 33 heavy (non-hydrogen) atoms. The fraction of sp³-hybridized carbons (Fsp3) is 0.360. The Kier molecular flexibility index (Phi) is 8.86. The number of nitrogens with one attached hydrogen (secondary N) is 3. The minimum absolute atomic E-state index is 0.00454. The molecule has 0 saturated carbocycles. The molecule has 0 aromatic heterocycles. The molecule has 0 bridgehead atoms.